The van der Waals surface area contributed by atoms with Crippen molar-refractivity contribution < 1.29 is 13.5 Å². The number of hydrogen-bond acceptors (Lipinski definition) is 10. The Balaban J connectivity index is 1.25. The number of aryl methyl sites for hydroxylation is 1. The molecule has 2 saturated carbocycles. The third kappa shape index (κ3) is 5.50. The van der Waals surface area contributed by atoms with Crippen LogP contribution in [0.3, 0.4) is 0 Å². The summed E-state index contributed by atoms with van der Waals surface area (Å²) in [5.41, 5.74) is 3.12. The molecule has 4 heterocycles. The van der Waals surface area contributed by atoms with Crippen molar-refractivity contribution in [3.05, 3.63) is 49.2 Å². The van der Waals surface area contributed by atoms with Crippen LogP contribution in [0.25, 0.3) is 22.6 Å². The lowest BCUT2D eigenvalue weighted by molar-refractivity contribution is 0.184. The third-order valence-electron chi connectivity index (χ3n) is 7.23. The fraction of sp³-hybridized carbons (Fsp3) is 0.423. The van der Waals surface area contributed by atoms with Gasteiger partial charge < -0.3 is 15.7 Å². The number of nitrogens with zero attached hydrogens (tertiary/aromatic N) is 7. The van der Waals surface area contributed by atoms with Crippen molar-refractivity contribution in [3.63, 3.8) is 0 Å². The van der Waals surface area contributed by atoms with Crippen LogP contribution in [-0.4, -0.2) is 65.3 Å². The lowest BCUT2D eigenvalue weighted by atomic mass is 9.86. The molecule has 204 valence electrons. The van der Waals surface area contributed by atoms with Crippen LogP contribution in [0.4, 0.5) is 17.3 Å². The van der Waals surface area contributed by atoms with Gasteiger partial charge in [0.25, 0.3) is 10.0 Å². The molecule has 2 aliphatic rings. The van der Waals surface area contributed by atoms with Crippen molar-refractivity contribution in [1.82, 2.24) is 33.9 Å². The first-order valence-corrected chi connectivity index (χ1v) is 14.7. The minimum Gasteiger partial charge on any atom is -0.396 e. The molecule has 0 saturated heterocycles. The average Bonchev–Trinajstić information content (AvgIpc) is 3.53. The van der Waals surface area contributed by atoms with Crippen LogP contribution in [-0.2, 0) is 17.1 Å². The van der Waals surface area contributed by atoms with E-state index < -0.39 is 10.0 Å². The molecule has 4 aromatic rings. The van der Waals surface area contributed by atoms with E-state index in [2.05, 4.69) is 35.8 Å². The summed E-state index contributed by atoms with van der Waals surface area (Å²) in [5, 5.41) is 24.9. The van der Waals surface area contributed by atoms with Crippen molar-refractivity contribution in [3.8, 4) is 22.6 Å². The number of aliphatic hydroxyl groups is 1. The van der Waals surface area contributed by atoms with Crippen LogP contribution >= 0.6 is 0 Å². The summed E-state index contributed by atoms with van der Waals surface area (Å²) < 4.78 is 27.8. The molecule has 12 nitrogen and oxygen atoms in total. The van der Waals surface area contributed by atoms with Crippen LogP contribution in [0.2, 0.25) is 0 Å². The third-order valence-corrected chi connectivity index (χ3v) is 9.27. The molecule has 2 fully saturated rings. The normalized spacial score (nSPS) is 19.6. The van der Waals surface area contributed by atoms with Gasteiger partial charge in [0.1, 0.15) is 11.6 Å². The number of nitrogens with one attached hydrogen (secondary N) is 2. The highest BCUT2D eigenvalue weighted by Gasteiger charge is 2.37. The molecule has 6 rings (SSSR count). The van der Waals surface area contributed by atoms with Gasteiger partial charge in [-0.05, 0) is 50.2 Å². The summed E-state index contributed by atoms with van der Waals surface area (Å²) in [6.45, 7) is 0.204. The van der Waals surface area contributed by atoms with Gasteiger partial charge in [0.15, 0.2) is 5.82 Å². The molecule has 0 spiro atoms. The zero-order chi connectivity index (χ0) is 27.0. The Morgan fingerprint density at radius 2 is 1.97 bits per heavy atom. The van der Waals surface area contributed by atoms with E-state index in [0.717, 1.165) is 46.7 Å². The summed E-state index contributed by atoms with van der Waals surface area (Å²) in [7, 11) is -1.58. The van der Waals surface area contributed by atoms with Gasteiger partial charge in [-0.1, -0.05) is 6.42 Å². The largest absolute Gasteiger partial charge is 0.396 e. The minimum absolute atomic E-state index is 0.204. The highest BCUT2D eigenvalue weighted by molar-refractivity contribution is 7.90. The van der Waals surface area contributed by atoms with Crippen molar-refractivity contribution in [1.29, 1.82) is 0 Å². The maximum absolute atomic E-state index is 12.5. The molecule has 2 aliphatic carbocycles. The second-order valence-electron chi connectivity index (χ2n) is 10.3. The number of anilines is 3. The molecule has 0 unspecified atom stereocenters. The first-order chi connectivity index (χ1) is 18.9. The predicted octanol–water partition coefficient (Wildman–Crippen LogP) is 3.18. The van der Waals surface area contributed by atoms with E-state index in [1.54, 1.807) is 23.1 Å². The van der Waals surface area contributed by atoms with Crippen LogP contribution in [0.1, 0.15) is 38.5 Å². The van der Waals surface area contributed by atoms with Gasteiger partial charge in [0, 0.05) is 55.6 Å². The molecule has 0 aromatic carbocycles. The molecule has 0 aliphatic heterocycles. The summed E-state index contributed by atoms with van der Waals surface area (Å²) in [5.74, 6) is 1.76. The first kappa shape index (κ1) is 25.4. The monoisotopic (exact) mass is 549 g/mol. The van der Waals surface area contributed by atoms with Gasteiger partial charge in [-0.3, -0.25) is 4.68 Å². The number of pyridine rings is 1. The molecule has 3 N–H and O–H groups in total. The second kappa shape index (κ2) is 10.4. The van der Waals surface area contributed by atoms with Crippen LogP contribution in [0.15, 0.2) is 49.2 Å². The summed E-state index contributed by atoms with van der Waals surface area (Å²) in [4.78, 5) is 13.5. The van der Waals surface area contributed by atoms with E-state index in [4.69, 9.17) is 0 Å². The maximum atomic E-state index is 12.5. The van der Waals surface area contributed by atoms with Gasteiger partial charge in [-0.25, -0.2) is 23.4 Å². The first-order valence-electron chi connectivity index (χ1n) is 13.2. The van der Waals surface area contributed by atoms with Gasteiger partial charge in [0.05, 0.1) is 28.9 Å². The van der Waals surface area contributed by atoms with E-state index in [1.165, 1.54) is 12.4 Å². The minimum atomic E-state index is -3.46. The standard InChI is InChI=1S/C26H31N9O3S/c1-34-10-8-22(33-34)21-14-28-25(12-23(21)30-19-4-2-3-17(11-19)16-36)31-24-7-9-27-26(32-24)18-13-29-35(15-18)39(37,38)20-5-6-20/h7-10,12-15,17,19-20,36H,2-6,11,16H2,1H3,(H2,27,28,30,31,32)/t17-,19-/m0/s1. The fourth-order valence-electron chi connectivity index (χ4n) is 4.99. The molecule has 0 amide bonds. The predicted molar refractivity (Wildman–Crippen MR) is 147 cm³/mol. The van der Waals surface area contributed by atoms with Crippen LogP contribution in [0, 0.1) is 5.92 Å². The topological polar surface area (TPSA) is 153 Å². The Hall–Kier alpha value is -3.84. The SMILES string of the molecule is Cn1ccc(-c2cnc(Nc3ccnc(-c4cnn(S(=O)(=O)C5CC5)c4)n3)cc2N[C@H]2CCC[C@H](CO)C2)n1. The van der Waals surface area contributed by atoms with Crippen LogP contribution in [0.5, 0.6) is 0 Å². The van der Waals surface area contributed by atoms with E-state index in [9.17, 15) is 13.5 Å². The fourth-order valence-corrected chi connectivity index (χ4v) is 6.47. The van der Waals surface area contributed by atoms with Crippen LogP contribution < -0.4 is 10.6 Å². The van der Waals surface area contributed by atoms with Gasteiger partial charge in [-0.15, -0.1) is 0 Å². The molecular weight excluding hydrogens is 518 g/mol. The zero-order valence-corrected chi connectivity index (χ0v) is 22.4. The van der Waals surface area contributed by atoms with Gasteiger partial charge in [-0.2, -0.15) is 14.3 Å². The summed E-state index contributed by atoms with van der Waals surface area (Å²) in [6.07, 6.45) is 13.6. The maximum Gasteiger partial charge on any atom is 0.256 e. The Labute approximate surface area is 226 Å². The number of aliphatic hydroxyl groups excluding tert-OH is 1. The Morgan fingerprint density at radius 1 is 1.10 bits per heavy atom. The Kier molecular flexibility index (Phi) is 6.77. The number of rotatable bonds is 9. The average molecular weight is 550 g/mol. The van der Waals surface area contributed by atoms with Gasteiger partial charge in [0.2, 0.25) is 0 Å². The molecule has 39 heavy (non-hydrogen) atoms. The van der Waals surface area contributed by atoms with Crippen molar-refractivity contribution in [2.45, 2.75) is 49.8 Å². The number of aromatic nitrogens is 7. The van der Waals surface area contributed by atoms with Crippen molar-refractivity contribution in [2.24, 2.45) is 13.0 Å². The van der Waals surface area contributed by atoms with E-state index in [-0.39, 0.29) is 17.9 Å². The molecule has 4 aromatic heterocycles. The van der Waals surface area contributed by atoms with E-state index in [1.807, 2.05) is 25.4 Å². The highest BCUT2D eigenvalue weighted by atomic mass is 32.2. The Morgan fingerprint density at radius 3 is 2.74 bits per heavy atom. The molecule has 2 atom stereocenters. The lowest BCUT2D eigenvalue weighted by Crippen LogP contribution is -2.29. The highest BCUT2D eigenvalue weighted by Crippen LogP contribution is 2.33. The van der Waals surface area contributed by atoms with E-state index >= 15 is 0 Å². The molecule has 0 bridgehead atoms. The van der Waals surface area contributed by atoms with Gasteiger partial charge >= 0.3 is 0 Å². The van der Waals surface area contributed by atoms with Crippen molar-refractivity contribution in [2.75, 3.05) is 17.2 Å². The molecule has 13 heteroatoms. The van der Waals surface area contributed by atoms with Crippen molar-refractivity contribution >= 4 is 27.3 Å². The summed E-state index contributed by atoms with van der Waals surface area (Å²) in [6, 6.07) is 5.85. The zero-order valence-electron chi connectivity index (χ0n) is 21.6. The number of hydrogen-bond donors (Lipinski definition) is 3. The smallest absolute Gasteiger partial charge is 0.256 e. The quantitative estimate of drug-likeness (QED) is 0.284. The second-order valence-corrected chi connectivity index (χ2v) is 12.4. The molecule has 0 radical (unpaired) electrons. The molecular formula is C26H31N9O3S. The van der Waals surface area contributed by atoms with E-state index in [0.29, 0.717) is 41.8 Å². The Bertz CT molecular complexity index is 1580. The summed E-state index contributed by atoms with van der Waals surface area (Å²) >= 11 is 0. The lowest BCUT2D eigenvalue weighted by Gasteiger charge is -2.30.